The van der Waals surface area contributed by atoms with Crippen LogP contribution in [0, 0.1) is 11.6 Å². The Morgan fingerprint density at radius 3 is 2.38 bits per heavy atom. The second kappa shape index (κ2) is 6.76. The molecular formula is C17H18F2N2O2S. The number of piperidine rings is 1. The number of hydrogen-bond donors (Lipinski definition) is 1. The van der Waals surface area contributed by atoms with Crippen molar-refractivity contribution in [2.45, 2.75) is 24.2 Å². The molecule has 1 heterocycles. The molecule has 2 aromatic carbocycles. The van der Waals surface area contributed by atoms with Crippen molar-refractivity contribution in [1.82, 2.24) is 0 Å². The molecule has 1 aliphatic rings. The van der Waals surface area contributed by atoms with Gasteiger partial charge in [-0.3, -0.25) is 4.72 Å². The van der Waals surface area contributed by atoms with Gasteiger partial charge >= 0.3 is 0 Å². The molecule has 0 aromatic heterocycles. The van der Waals surface area contributed by atoms with Crippen LogP contribution in [0.25, 0.3) is 0 Å². The van der Waals surface area contributed by atoms with E-state index in [-0.39, 0.29) is 0 Å². The minimum absolute atomic E-state index is 0.392. The van der Waals surface area contributed by atoms with Crippen LogP contribution < -0.4 is 9.62 Å². The molecule has 128 valence electrons. The molecule has 0 spiro atoms. The Labute approximate surface area is 140 Å². The predicted molar refractivity (Wildman–Crippen MR) is 89.7 cm³/mol. The zero-order valence-corrected chi connectivity index (χ0v) is 13.8. The molecular weight excluding hydrogens is 334 g/mol. The van der Waals surface area contributed by atoms with Gasteiger partial charge in [0.15, 0.2) is 0 Å². The number of rotatable bonds is 4. The van der Waals surface area contributed by atoms with Crippen molar-refractivity contribution in [2.75, 3.05) is 22.7 Å². The van der Waals surface area contributed by atoms with Crippen LogP contribution in [-0.4, -0.2) is 21.5 Å². The predicted octanol–water partition coefficient (Wildman–Crippen LogP) is 3.76. The van der Waals surface area contributed by atoms with Crippen molar-refractivity contribution in [3.05, 3.63) is 54.1 Å². The maximum Gasteiger partial charge on any atom is 0.264 e. The van der Waals surface area contributed by atoms with Gasteiger partial charge in [0.2, 0.25) is 0 Å². The Hall–Kier alpha value is -2.15. The highest BCUT2D eigenvalue weighted by Crippen LogP contribution is 2.30. The van der Waals surface area contributed by atoms with Gasteiger partial charge in [-0.05, 0) is 43.5 Å². The van der Waals surface area contributed by atoms with Crippen molar-refractivity contribution >= 4 is 21.4 Å². The van der Waals surface area contributed by atoms with Gasteiger partial charge in [-0.25, -0.2) is 17.2 Å². The second-order valence-electron chi connectivity index (χ2n) is 5.75. The van der Waals surface area contributed by atoms with E-state index in [1.165, 1.54) is 0 Å². The fourth-order valence-electron chi connectivity index (χ4n) is 2.86. The third-order valence-electron chi connectivity index (χ3n) is 4.03. The van der Waals surface area contributed by atoms with E-state index in [1.807, 2.05) is 12.1 Å². The van der Waals surface area contributed by atoms with Crippen LogP contribution in [0.1, 0.15) is 19.3 Å². The number of para-hydroxylation sites is 2. The monoisotopic (exact) mass is 352 g/mol. The Morgan fingerprint density at radius 1 is 0.958 bits per heavy atom. The average molecular weight is 352 g/mol. The molecule has 0 saturated carbocycles. The number of hydrogen-bond acceptors (Lipinski definition) is 3. The van der Waals surface area contributed by atoms with Crippen molar-refractivity contribution in [3.8, 4) is 0 Å². The highest BCUT2D eigenvalue weighted by molar-refractivity contribution is 7.92. The molecule has 1 aliphatic heterocycles. The van der Waals surface area contributed by atoms with E-state index in [0.29, 0.717) is 11.8 Å². The molecule has 1 saturated heterocycles. The van der Waals surface area contributed by atoms with Gasteiger partial charge < -0.3 is 4.90 Å². The lowest BCUT2D eigenvalue weighted by Crippen LogP contribution is -2.30. The second-order valence-corrected chi connectivity index (χ2v) is 7.40. The van der Waals surface area contributed by atoms with E-state index in [1.54, 1.807) is 12.1 Å². The van der Waals surface area contributed by atoms with Crippen LogP contribution >= 0.6 is 0 Å². The van der Waals surface area contributed by atoms with Crippen LogP contribution in [0.3, 0.4) is 0 Å². The van der Waals surface area contributed by atoms with Gasteiger partial charge in [0.1, 0.15) is 16.5 Å². The minimum Gasteiger partial charge on any atom is -0.370 e. The summed E-state index contributed by atoms with van der Waals surface area (Å²) in [6.07, 6.45) is 3.26. The molecule has 0 unspecified atom stereocenters. The number of halogens is 2. The minimum atomic E-state index is -4.14. The number of anilines is 2. The number of nitrogens with zero attached hydrogens (tertiary/aromatic N) is 1. The summed E-state index contributed by atoms with van der Waals surface area (Å²) in [5.74, 6) is -1.93. The molecule has 1 N–H and O–H groups in total. The summed E-state index contributed by atoms with van der Waals surface area (Å²) in [6.45, 7) is 1.70. The summed E-state index contributed by atoms with van der Waals surface area (Å²) < 4.78 is 54.2. The summed E-state index contributed by atoms with van der Waals surface area (Å²) in [6, 6.07) is 9.44. The topological polar surface area (TPSA) is 49.4 Å². The molecule has 0 amide bonds. The standard InChI is InChI=1S/C17H18F2N2O2S/c18-13-8-9-17(14(19)12-13)24(22,23)20-15-6-2-3-7-16(15)21-10-4-1-5-11-21/h2-3,6-9,12,20H,1,4-5,10-11H2. The van der Waals surface area contributed by atoms with Gasteiger partial charge in [0.25, 0.3) is 10.0 Å². The Morgan fingerprint density at radius 2 is 1.67 bits per heavy atom. The first-order valence-electron chi connectivity index (χ1n) is 7.79. The first kappa shape index (κ1) is 16.7. The normalized spacial score (nSPS) is 15.3. The molecule has 0 bridgehead atoms. The van der Waals surface area contributed by atoms with Crippen LogP contribution in [0.15, 0.2) is 47.4 Å². The van der Waals surface area contributed by atoms with E-state index < -0.39 is 26.6 Å². The summed E-state index contributed by atoms with van der Waals surface area (Å²) in [5, 5.41) is 0. The Balaban J connectivity index is 1.93. The SMILES string of the molecule is O=S(=O)(Nc1ccccc1N1CCCCC1)c1ccc(F)cc1F. The van der Waals surface area contributed by atoms with E-state index in [0.717, 1.165) is 50.2 Å². The summed E-state index contributed by atoms with van der Waals surface area (Å²) in [4.78, 5) is 1.54. The highest BCUT2D eigenvalue weighted by Gasteiger charge is 2.22. The molecule has 0 radical (unpaired) electrons. The first-order chi connectivity index (χ1) is 11.5. The number of nitrogens with one attached hydrogen (secondary N) is 1. The average Bonchev–Trinajstić information content (AvgIpc) is 2.55. The van der Waals surface area contributed by atoms with E-state index in [4.69, 9.17) is 0 Å². The van der Waals surface area contributed by atoms with Crippen molar-refractivity contribution in [1.29, 1.82) is 0 Å². The van der Waals surface area contributed by atoms with E-state index in [9.17, 15) is 17.2 Å². The molecule has 4 nitrogen and oxygen atoms in total. The quantitative estimate of drug-likeness (QED) is 0.912. The lowest BCUT2D eigenvalue weighted by atomic mass is 10.1. The van der Waals surface area contributed by atoms with Crippen LogP contribution in [0.2, 0.25) is 0 Å². The summed E-state index contributed by atoms with van der Waals surface area (Å²) in [5.41, 5.74) is 1.16. The lowest BCUT2D eigenvalue weighted by molar-refractivity contribution is 0.551. The maximum atomic E-state index is 13.8. The zero-order valence-electron chi connectivity index (χ0n) is 13.0. The molecule has 1 fully saturated rings. The third-order valence-corrected chi connectivity index (χ3v) is 5.43. The van der Waals surface area contributed by atoms with Gasteiger partial charge in [0.05, 0.1) is 11.4 Å². The van der Waals surface area contributed by atoms with Crippen LogP contribution in [0.4, 0.5) is 20.2 Å². The molecule has 0 atom stereocenters. The Kier molecular flexibility index (Phi) is 4.71. The molecule has 24 heavy (non-hydrogen) atoms. The molecule has 0 aliphatic carbocycles. The van der Waals surface area contributed by atoms with Crippen LogP contribution in [0.5, 0.6) is 0 Å². The third kappa shape index (κ3) is 3.51. The molecule has 3 rings (SSSR count). The highest BCUT2D eigenvalue weighted by atomic mass is 32.2. The lowest BCUT2D eigenvalue weighted by Gasteiger charge is -2.30. The number of benzene rings is 2. The van der Waals surface area contributed by atoms with Crippen LogP contribution in [-0.2, 0) is 10.0 Å². The van der Waals surface area contributed by atoms with E-state index >= 15 is 0 Å². The van der Waals surface area contributed by atoms with Gasteiger partial charge in [-0.15, -0.1) is 0 Å². The fraction of sp³-hybridized carbons (Fsp3) is 0.294. The fourth-order valence-corrected chi connectivity index (χ4v) is 4.00. The first-order valence-corrected chi connectivity index (χ1v) is 9.27. The van der Waals surface area contributed by atoms with Crippen molar-refractivity contribution in [2.24, 2.45) is 0 Å². The smallest absolute Gasteiger partial charge is 0.264 e. The van der Waals surface area contributed by atoms with Crippen molar-refractivity contribution < 1.29 is 17.2 Å². The van der Waals surface area contributed by atoms with Gasteiger partial charge in [-0.1, -0.05) is 12.1 Å². The Bertz CT molecular complexity index is 834. The molecule has 2 aromatic rings. The van der Waals surface area contributed by atoms with Gasteiger partial charge in [-0.2, -0.15) is 0 Å². The van der Waals surface area contributed by atoms with E-state index in [2.05, 4.69) is 9.62 Å². The molecule has 7 heteroatoms. The van der Waals surface area contributed by atoms with Gasteiger partial charge in [0, 0.05) is 19.2 Å². The summed E-state index contributed by atoms with van der Waals surface area (Å²) >= 11 is 0. The summed E-state index contributed by atoms with van der Waals surface area (Å²) in [7, 11) is -4.14. The zero-order chi connectivity index (χ0) is 17.2. The van der Waals surface area contributed by atoms with Crippen molar-refractivity contribution in [3.63, 3.8) is 0 Å². The number of sulfonamides is 1. The largest absolute Gasteiger partial charge is 0.370 e. The maximum absolute atomic E-state index is 13.8.